The molecular weight excluding hydrogens is 172 g/mol. The van der Waals surface area contributed by atoms with Gasteiger partial charge in [-0.15, -0.1) is 11.3 Å². The average Bonchev–Trinajstić information content (AvgIpc) is 2.53. The zero-order chi connectivity index (χ0) is 9.03. The summed E-state index contributed by atoms with van der Waals surface area (Å²) in [7, 11) is 0. The Balaban J connectivity index is 2.36. The van der Waals surface area contributed by atoms with Crippen molar-refractivity contribution in [3.8, 4) is 5.75 Å². The molecule has 0 saturated carbocycles. The van der Waals surface area contributed by atoms with Crippen LogP contribution in [0.1, 0.15) is 13.8 Å². The largest absolute Gasteiger partial charge is 0.492 e. The Morgan fingerprint density at radius 1 is 1.58 bits per heavy atom. The van der Waals surface area contributed by atoms with Crippen LogP contribution in [0.3, 0.4) is 0 Å². The van der Waals surface area contributed by atoms with E-state index in [1.54, 1.807) is 11.3 Å². The number of thiophene rings is 1. The highest BCUT2D eigenvalue weighted by molar-refractivity contribution is 7.08. The molecule has 0 amide bonds. The number of rotatable bonds is 4. The van der Waals surface area contributed by atoms with E-state index in [0.717, 1.165) is 5.75 Å². The molecule has 0 aromatic carbocycles. The van der Waals surface area contributed by atoms with E-state index in [2.05, 4.69) is 0 Å². The lowest BCUT2D eigenvalue weighted by Crippen LogP contribution is -2.25. The summed E-state index contributed by atoms with van der Waals surface area (Å²) in [6, 6.07) is 1.93. The molecule has 1 aromatic heterocycles. The minimum atomic E-state index is -0.151. The van der Waals surface area contributed by atoms with E-state index in [4.69, 9.17) is 9.84 Å². The number of aliphatic hydroxyl groups is 1. The molecule has 2 nitrogen and oxygen atoms in total. The second-order valence-corrected chi connectivity index (χ2v) is 4.35. The standard InChI is InChI=1S/C9H14O2S/c1-9(2,6-10)7-11-8-3-4-12-5-8/h3-5,10H,6-7H2,1-2H3. The van der Waals surface area contributed by atoms with E-state index < -0.39 is 0 Å². The van der Waals surface area contributed by atoms with Gasteiger partial charge in [-0.05, 0) is 11.4 Å². The third-order valence-corrected chi connectivity index (χ3v) is 2.21. The highest BCUT2D eigenvalue weighted by Gasteiger charge is 2.17. The normalized spacial score (nSPS) is 11.6. The fraction of sp³-hybridized carbons (Fsp3) is 0.556. The third-order valence-electron chi connectivity index (χ3n) is 1.55. The van der Waals surface area contributed by atoms with Crippen LogP contribution in [0.2, 0.25) is 0 Å². The molecule has 1 rings (SSSR count). The topological polar surface area (TPSA) is 29.5 Å². The second-order valence-electron chi connectivity index (χ2n) is 3.57. The number of ether oxygens (including phenoxy) is 1. The van der Waals surface area contributed by atoms with Crippen LogP contribution < -0.4 is 4.74 Å². The molecule has 1 aromatic rings. The molecule has 0 bridgehead atoms. The maximum atomic E-state index is 8.95. The zero-order valence-electron chi connectivity index (χ0n) is 7.41. The minimum absolute atomic E-state index is 0.150. The van der Waals surface area contributed by atoms with E-state index in [1.165, 1.54) is 0 Å². The lowest BCUT2D eigenvalue weighted by molar-refractivity contribution is 0.0978. The molecule has 0 aliphatic rings. The maximum Gasteiger partial charge on any atom is 0.129 e. The lowest BCUT2D eigenvalue weighted by atomic mass is 9.97. The van der Waals surface area contributed by atoms with Gasteiger partial charge in [-0.1, -0.05) is 13.8 Å². The molecule has 0 aliphatic carbocycles. The van der Waals surface area contributed by atoms with Crippen molar-refractivity contribution in [2.45, 2.75) is 13.8 Å². The summed E-state index contributed by atoms with van der Waals surface area (Å²) >= 11 is 1.61. The minimum Gasteiger partial charge on any atom is -0.492 e. The molecular formula is C9H14O2S. The van der Waals surface area contributed by atoms with Gasteiger partial charge in [0.2, 0.25) is 0 Å². The number of hydrogen-bond donors (Lipinski definition) is 1. The van der Waals surface area contributed by atoms with Gasteiger partial charge in [0.15, 0.2) is 0 Å². The Morgan fingerprint density at radius 3 is 2.83 bits per heavy atom. The van der Waals surface area contributed by atoms with Gasteiger partial charge in [-0.25, -0.2) is 0 Å². The van der Waals surface area contributed by atoms with Gasteiger partial charge >= 0.3 is 0 Å². The van der Waals surface area contributed by atoms with Gasteiger partial charge in [-0.2, -0.15) is 0 Å². The first-order chi connectivity index (χ1) is 5.64. The summed E-state index contributed by atoms with van der Waals surface area (Å²) in [6.45, 7) is 4.65. The summed E-state index contributed by atoms with van der Waals surface area (Å²) in [4.78, 5) is 0. The molecule has 0 aliphatic heterocycles. The highest BCUT2D eigenvalue weighted by Crippen LogP contribution is 2.19. The van der Waals surface area contributed by atoms with E-state index >= 15 is 0 Å². The summed E-state index contributed by atoms with van der Waals surface area (Å²) in [6.07, 6.45) is 0. The molecule has 0 fully saturated rings. The van der Waals surface area contributed by atoms with Crippen molar-refractivity contribution in [3.63, 3.8) is 0 Å². The van der Waals surface area contributed by atoms with Crippen LogP contribution in [0.5, 0.6) is 5.75 Å². The van der Waals surface area contributed by atoms with Crippen LogP contribution in [-0.2, 0) is 0 Å². The Morgan fingerprint density at radius 2 is 2.33 bits per heavy atom. The Bertz CT molecular complexity index is 216. The van der Waals surface area contributed by atoms with Crippen LogP contribution in [-0.4, -0.2) is 18.3 Å². The first-order valence-corrected chi connectivity index (χ1v) is 4.84. The van der Waals surface area contributed by atoms with E-state index in [-0.39, 0.29) is 12.0 Å². The molecule has 12 heavy (non-hydrogen) atoms. The molecule has 0 spiro atoms. The maximum absolute atomic E-state index is 8.95. The molecule has 3 heteroatoms. The molecule has 1 N–H and O–H groups in total. The van der Waals surface area contributed by atoms with Crippen LogP contribution in [0.15, 0.2) is 16.8 Å². The number of aliphatic hydroxyl groups excluding tert-OH is 1. The van der Waals surface area contributed by atoms with Crippen molar-refractivity contribution in [2.75, 3.05) is 13.2 Å². The predicted octanol–water partition coefficient (Wildman–Crippen LogP) is 2.15. The molecule has 0 radical (unpaired) electrons. The molecule has 0 atom stereocenters. The van der Waals surface area contributed by atoms with Gasteiger partial charge in [-0.3, -0.25) is 0 Å². The first-order valence-electron chi connectivity index (χ1n) is 3.90. The SMILES string of the molecule is CC(C)(CO)COc1ccsc1. The summed E-state index contributed by atoms with van der Waals surface area (Å²) in [5.41, 5.74) is -0.151. The Kier molecular flexibility index (Phi) is 3.12. The predicted molar refractivity (Wildman–Crippen MR) is 50.7 cm³/mol. The summed E-state index contributed by atoms with van der Waals surface area (Å²) < 4.78 is 5.45. The second kappa shape index (κ2) is 3.92. The van der Waals surface area contributed by atoms with Crippen molar-refractivity contribution >= 4 is 11.3 Å². The van der Waals surface area contributed by atoms with Crippen molar-refractivity contribution in [2.24, 2.45) is 5.41 Å². The van der Waals surface area contributed by atoms with Gasteiger partial charge in [0.05, 0.1) is 13.2 Å². The number of hydrogen-bond acceptors (Lipinski definition) is 3. The van der Waals surface area contributed by atoms with Crippen LogP contribution in [0.4, 0.5) is 0 Å². The van der Waals surface area contributed by atoms with E-state index in [0.29, 0.717) is 6.61 Å². The summed E-state index contributed by atoms with van der Waals surface area (Å²) in [5.74, 6) is 0.890. The monoisotopic (exact) mass is 186 g/mol. The van der Waals surface area contributed by atoms with Crippen molar-refractivity contribution in [1.82, 2.24) is 0 Å². The van der Waals surface area contributed by atoms with Gasteiger partial charge < -0.3 is 9.84 Å². The van der Waals surface area contributed by atoms with Crippen molar-refractivity contribution in [1.29, 1.82) is 0 Å². The smallest absolute Gasteiger partial charge is 0.129 e. The molecule has 0 saturated heterocycles. The lowest BCUT2D eigenvalue weighted by Gasteiger charge is -2.20. The average molecular weight is 186 g/mol. The molecule has 68 valence electrons. The Labute approximate surface area is 76.8 Å². The summed E-state index contributed by atoms with van der Waals surface area (Å²) in [5, 5.41) is 12.9. The van der Waals surface area contributed by atoms with Crippen molar-refractivity contribution in [3.05, 3.63) is 16.8 Å². The Hall–Kier alpha value is -0.540. The fourth-order valence-corrected chi connectivity index (χ4v) is 1.23. The van der Waals surface area contributed by atoms with E-state index in [9.17, 15) is 0 Å². The van der Waals surface area contributed by atoms with Crippen LogP contribution in [0, 0.1) is 5.41 Å². The fourth-order valence-electron chi connectivity index (χ4n) is 0.658. The third kappa shape index (κ3) is 2.83. The van der Waals surface area contributed by atoms with E-state index in [1.807, 2.05) is 30.7 Å². The van der Waals surface area contributed by atoms with Gasteiger partial charge in [0, 0.05) is 10.8 Å². The quantitative estimate of drug-likeness (QED) is 0.780. The highest BCUT2D eigenvalue weighted by atomic mass is 32.1. The van der Waals surface area contributed by atoms with Crippen molar-refractivity contribution < 1.29 is 9.84 Å². The zero-order valence-corrected chi connectivity index (χ0v) is 8.23. The molecule has 0 unspecified atom stereocenters. The van der Waals surface area contributed by atoms with Crippen LogP contribution in [0.25, 0.3) is 0 Å². The molecule has 1 heterocycles. The van der Waals surface area contributed by atoms with Gasteiger partial charge in [0.1, 0.15) is 5.75 Å². The first kappa shape index (κ1) is 9.55. The van der Waals surface area contributed by atoms with Gasteiger partial charge in [0.25, 0.3) is 0 Å². The van der Waals surface area contributed by atoms with Crippen LogP contribution >= 0.6 is 11.3 Å².